The van der Waals surface area contributed by atoms with Crippen molar-refractivity contribution in [2.24, 2.45) is 0 Å². The Bertz CT molecular complexity index is 529. The minimum Gasteiger partial charge on any atom is -0.698 e. The largest absolute Gasteiger partial charge is 0.698 e. The van der Waals surface area contributed by atoms with Crippen molar-refractivity contribution in [3.63, 3.8) is 0 Å². The molecule has 17 heavy (non-hydrogen) atoms. The molecule has 0 saturated carbocycles. The Balaban J connectivity index is 0.00000144. The van der Waals surface area contributed by atoms with Crippen LogP contribution in [0.3, 0.4) is 0 Å². The SMILES string of the molecule is N=C(c1ccncc1)c1cc(Br)ccc1[NH-].[Pd]. The number of nitrogens with zero attached hydrogens (tertiary/aromatic N) is 1. The average Bonchev–Trinajstić information content (AvgIpc) is 2.32. The molecule has 90 valence electrons. The van der Waals surface area contributed by atoms with Crippen LogP contribution in [0.5, 0.6) is 0 Å². The van der Waals surface area contributed by atoms with Crippen molar-refractivity contribution in [2.45, 2.75) is 0 Å². The Morgan fingerprint density at radius 1 is 1.18 bits per heavy atom. The summed E-state index contributed by atoms with van der Waals surface area (Å²) >= 11 is 3.34. The average molecular weight is 382 g/mol. The number of nitrogens with one attached hydrogen (secondary N) is 2. The second-order valence-electron chi connectivity index (χ2n) is 3.30. The quantitative estimate of drug-likeness (QED) is 0.621. The first-order valence-electron chi connectivity index (χ1n) is 4.69. The number of hydrogen-bond donors (Lipinski definition) is 1. The molecule has 0 saturated heterocycles. The Morgan fingerprint density at radius 2 is 1.82 bits per heavy atom. The van der Waals surface area contributed by atoms with Crippen LogP contribution in [0.2, 0.25) is 0 Å². The van der Waals surface area contributed by atoms with Gasteiger partial charge in [-0.15, -0.1) is 5.69 Å². The van der Waals surface area contributed by atoms with Crippen LogP contribution in [-0.4, -0.2) is 10.7 Å². The van der Waals surface area contributed by atoms with Gasteiger partial charge in [0.2, 0.25) is 0 Å². The van der Waals surface area contributed by atoms with Crippen molar-refractivity contribution in [3.05, 3.63) is 64.1 Å². The molecular formula is C12H9BrN3Pd-. The Morgan fingerprint density at radius 3 is 2.47 bits per heavy atom. The topological polar surface area (TPSA) is 60.5 Å². The first-order valence-corrected chi connectivity index (χ1v) is 5.48. The van der Waals surface area contributed by atoms with Gasteiger partial charge in [0.15, 0.2) is 0 Å². The molecule has 0 amide bonds. The predicted octanol–water partition coefficient (Wildman–Crippen LogP) is 3.94. The number of hydrogen-bond acceptors (Lipinski definition) is 2. The van der Waals surface area contributed by atoms with Crippen LogP contribution < -0.4 is 0 Å². The second kappa shape index (κ2) is 6.06. The van der Waals surface area contributed by atoms with Gasteiger partial charge in [0.05, 0.1) is 5.71 Å². The van der Waals surface area contributed by atoms with Gasteiger partial charge < -0.3 is 5.73 Å². The zero-order chi connectivity index (χ0) is 11.5. The molecule has 0 atom stereocenters. The smallest absolute Gasteiger partial charge is 0.0673 e. The summed E-state index contributed by atoms with van der Waals surface area (Å²) in [6.45, 7) is 0. The van der Waals surface area contributed by atoms with E-state index < -0.39 is 0 Å². The molecule has 0 fully saturated rings. The van der Waals surface area contributed by atoms with Gasteiger partial charge in [0, 0.05) is 42.9 Å². The number of rotatable bonds is 2. The van der Waals surface area contributed by atoms with Gasteiger partial charge >= 0.3 is 0 Å². The normalized spacial score (nSPS) is 9.47. The maximum Gasteiger partial charge on any atom is 0.0673 e. The number of halogens is 1. The molecule has 5 heteroatoms. The predicted molar refractivity (Wildman–Crippen MR) is 68.3 cm³/mol. The van der Waals surface area contributed by atoms with Gasteiger partial charge in [-0.05, 0) is 29.8 Å². The first-order chi connectivity index (χ1) is 7.68. The molecule has 0 aliphatic rings. The minimum absolute atomic E-state index is 0. The van der Waals surface area contributed by atoms with Crippen LogP contribution in [-0.2, 0) is 20.4 Å². The van der Waals surface area contributed by atoms with E-state index in [2.05, 4.69) is 20.9 Å². The van der Waals surface area contributed by atoms with Crippen LogP contribution in [0.25, 0.3) is 5.73 Å². The van der Waals surface area contributed by atoms with Crippen molar-refractivity contribution in [1.82, 2.24) is 4.98 Å². The van der Waals surface area contributed by atoms with Crippen molar-refractivity contribution in [1.29, 1.82) is 5.41 Å². The number of aromatic nitrogens is 1. The molecule has 0 aliphatic carbocycles. The molecule has 2 aromatic rings. The minimum atomic E-state index is 0. The van der Waals surface area contributed by atoms with Gasteiger partial charge in [-0.2, -0.15) is 0 Å². The van der Waals surface area contributed by atoms with Crippen LogP contribution in [0.1, 0.15) is 11.1 Å². The van der Waals surface area contributed by atoms with E-state index in [9.17, 15) is 0 Å². The van der Waals surface area contributed by atoms with Crippen LogP contribution in [0.15, 0.2) is 47.2 Å². The molecule has 0 bridgehead atoms. The summed E-state index contributed by atoms with van der Waals surface area (Å²) in [5, 5.41) is 8.04. The third kappa shape index (κ3) is 3.22. The summed E-state index contributed by atoms with van der Waals surface area (Å²) in [4.78, 5) is 3.91. The third-order valence-electron chi connectivity index (χ3n) is 2.22. The fourth-order valence-electron chi connectivity index (χ4n) is 1.40. The fourth-order valence-corrected chi connectivity index (χ4v) is 1.76. The van der Waals surface area contributed by atoms with E-state index in [1.54, 1.807) is 42.7 Å². The Hall–Kier alpha value is -1.02. The molecule has 0 aliphatic heterocycles. The molecule has 0 unspecified atom stereocenters. The maximum absolute atomic E-state index is 8.04. The molecule has 2 N–H and O–H groups in total. The molecule has 1 heterocycles. The standard InChI is InChI=1S/C12H9BrN3.Pd/c13-9-1-2-11(14)10(7-9)12(15)8-3-5-16-6-4-8;/h1-7,14-15H;/q-1;. The van der Waals surface area contributed by atoms with E-state index in [-0.39, 0.29) is 20.4 Å². The van der Waals surface area contributed by atoms with Crippen LogP contribution in [0, 0.1) is 5.41 Å². The van der Waals surface area contributed by atoms with E-state index in [1.165, 1.54) is 0 Å². The summed E-state index contributed by atoms with van der Waals surface area (Å²) in [6, 6.07) is 8.79. The van der Waals surface area contributed by atoms with Crippen LogP contribution >= 0.6 is 15.9 Å². The van der Waals surface area contributed by atoms with Crippen molar-refractivity contribution >= 4 is 27.3 Å². The van der Waals surface area contributed by atoms with Gasteiger partial charge in [-0.25, -0.2) is 0 Å². The van der Waals surface area contributed by atoms with Crippen molar-refractivity contribution in [3.8, 4) is 0 Å². The summed E-state index contributed by atoms with van der Waals surface area (Å²) < 4.78 is 0.873. The molecular weight excluding hydrogens is 372 g/mol. The third-order valence-corrected chi connectivity index (χ3v) is 2.71. The van der Waals surface area contributed by atoms with Gasteiger partial charge in [-0.3, -0.25) is 10.4 Å². The molecule has 0 spiro atoms. The van der Waals surface area contributed by atoms with Gasteiger partial charge in [-0.1, -0.05) is 22.0 Å². The zero-order valence-electron chi connectivity index (χ0n) is 8.68. The van der Waals surface area contributed by atoms with Crippen molar-refractivity contribution < 1.29 is 20.4 Å². The van der Waals surface area contributed by atoms with E-state index in [0.29, 0.717) is 17.0 Å². The zero-order valence-corrected chi connectivity index (χ0v) is 11.8. The summed E-state index contributed by atoms with van der Waals surface area (Å²) in [6.07, 6.45) is 3.29. The van der Waals surface area contributed by atoms with Gasteiger partial charge in [0.1, 0.15) is 0 Å². The maximum atomic E-state index is 8.04. The summed E-state index contributed by atoms with van der Waals surface area (Å²) in [5.74, 6) is 0. The Labute approximate surface area is 122 Å². The molecule has 1 aromatic heterocycles. The summed E-state index contributed by atoms with van der Waals surface area (Å²) in [5.41, 5.74) is 9.84. The van der Waals surface area contributed by atoms with E-state index in [0.717, 1.165) is 10.0 Å². The Kier molecular flexibility index (Phi) is 5.01. The molecule has 3 nitrogen and oxygen atoms in total. The number of benzene rings is 1. The van der Waals surface area contributed by atoms with Crippen molar-refractivity contribution in [2.75, 3.05) is 0 Å². The fraction of sp³-hybridized carbons (Fsp3) is 0. The van der Waals surface area contributed by atoms with E-state index in [4.69, 9.17) is 11.1 Å². The van der Waals surface area contributed by atoms with E-state index >= 15 is 0 Å². The second-order valence-corrected chi connectivity index (χ2v) is 4.22. The molecule has 0 radical (unpaired) electrons. The summed E-state index contributed by atoms with van der Waals surface area (Å²) in [7, 11) is 0. The molecule has 2 rings (SSSR count). The first kappa shape index (κ1) is 14.0. The monoisotopic (exact) mass is 380 g/mol. The molecule has 1 aromatic carbocycles. The van der Waals surface area contributed by atoms with Gasteiger partial charge in [0.25, 0.3) is 0 Å². The number of pyridine rings is 1. The van der Waals surface area contributed by atoms with E-state index in [1.807, 2.05) is 0 Å². The van der Waals surface area contributed by atoms with Crippen LogP contribution in [0.4, 0.5) is 5.69 Å².